The van der Waals surface area contributed by atoms with E-state index in [0.29, 0.717) is 16.7 Å². The topological polar surface area (TPSA) is 66.5 Å². The molecule has 3 aromatic rings. The highest BCUT2D eigenvalue weighted by atomic mass is 35.5. The largest absolute Gasteiger partial charge is 0.417 e. The van der Waals surface area contributed by atoms with Crippen molar-refractivity contribution in [2.45, 2.75) is 24.5 Å². The van der Waals surface area contributed by atoms with Gasteiger partial charge in [-0.15, -0.1) is 0 Å². The van der Waals surface area contributed by atoms with Gasteiger partial charge in [0.25, 0.3) is 0 Å². The Morgan fingerprint density at radius 3 is 2.26 bits per heavy atom. The Kier molecular flexibility index (Phi) is 7.92. The molecule has 0 bridgehead atoms. The number of benzene rings is 3. The zero-order chi connectivity index (χ0) is 25.1. The molecule has 1 N–H and O–H groups in total. The second kappa shape index (κ2) is 10.4. The molecule has 34 heavy (non-hydrogen) atoms. The van der Waals surface area contributed by atoms with Gasteiger partial charge in [0.15, 0.2) is 0 Å². The van der Waals surface area contributed by atoms with Gasteiger partial charge in [0.05, 0.1) is 22.0 Å². The van der Waals surface area contributed by atoms with Crippen molar-refractivity contribution in [3.8, 4) is 0 Å². The summed E-state index contributed by atoms with van der Waals surface area (Å²) in [5, 5.41) is 2.14. The van der Waals surface area contributed by atoms with Crippen LogP contribution in [0.1, 0.15) is 16.7 Å². The van der Waals surface area contributed by atoms with E-state index in [1.165, 1.54) is 30.3 Å². The van der Waals surface area contributed by atoms with E-state index in [0.717, 1.165) is 15.9 Å². The molecule has 5 nitrogen and oxygen atoms in total. The van der Waals surface area contributed by atoms with Gasteiger partial charge in [0, 0.05) is 17.3 Å². The number of aryl methyl sites for hydroxylation is 1. The minimum atomic E-state index is -4.72. The lowest BCUT2D eigenvalue weighted by molar-refractivity contribution is -0.137. The van der Waals surface area contributed by atoms with E-state index < -0.39 is 39.2 Å². The Morgan fingerprint density at radius 1 is 1.00 bits per heavy atom. The minimum absolute atomic E-state index is 0.0795. The van der Waals surface area contributed by atoms with E-state index in [4.69, 9.17) is 23.2 Å². The monoisotopic (exact) mass is 530 g/mol. The number of carbonyl (C=O) groups is 1. The zero-order valence-corrected chi connectivity index (χ0v) is 20.1. The zero-order valence-electron chi connectivity index (χ0n) is 17.7. The van der Waals surface area contributed by atoms with Crippen LogP contribution >= 0.6 is 23.2 Å². The minimum Gasteiger partial charge on any atom is -0.325 e. The third kappa shape index (κ3) is 6.29. The van der Waals surface area contributed by atoms with Gasteiger partial charge in [0.1, 0.15) is 0 Å². The first-order valence-electron chi connectivity index (χ1n) is 9.85. The van der Waals surface area contributed by atoms with Crippen LogP contribution in [0, 0.1) is 6.92 Å². The van der Waals surface area contributed by atoms with Crippen molar-refractivity contribution in [1.82, 2.24) is 4.31 Å². The molecule has 180 valence electrons. The first-order valence-corrected chi connectivity index (χ1v) is 12.0. The second-order valence-corrected chi connectivity index (χ2v) is 10.2. The standard InChI is InChI=1S/C23H19Cl2F3N2O3S/c1-15-4-2-3-5-16(15)13-30(34(32,33)19-9-6-17(24)7-10-19)14-22(31)29-18-8-11-21(25)20(12-18)23(26,27)28/h2-12H,13-14H2,1H3,(H,29,31). The maximum atomic E-state index is 13.3. The SMILES string of the molecule is Cc1ccccc1CN(CC(=O)Nc1ccc(Cl)c(C(F)(F)F)c1)S(=O)(=O)c1ccc(Cl)cc1. The Hall–Kier alpha value is -2.59. The number of alkyl halides is 3. The van der Waals surface area contributed by atoms with Crippen molar-refractivity contribution < 1.29 is 26.4 Å². The van der Waals surface area contributed by atoms with Gasteiger partial charge in [-0.2, -0.15) is 17.5 Å². The van der Waals surface area contributed by atoms with Crippen molar-refractivity contribution >= 4 is 44.8 Å². The van der Waals surface area contributed by atoms with Gasteiger partial charge in [0.2, 0.25) is 15.9 Å². The van der Waals surface area contributed by atoms with E-state index in [-0.39, 0.29) is 17.1 Å². The van der Waals surface area contributed by atoms with Crippen LogP contribution in [0.5, 0.6) is 0 Å². The third-order valence-electron chi connectivity index (χ3n) is 4.93. The number of hydrogen-bond donors (Lipinski definition) is 1. The van der Waals surface area contributed by atoms with Crippen LogP contribution < -0.4 is 5.32 Å². The van der Waals surface area contributed by atoms with Crippen molar-refractivity contribution in [3.63, 3.8) is 0 Å². The van der Waals surface area contributed by atoms with Gasteiger partial charge in [-0.05, 0) is 60.5 Å². The summed E-state index contributed by atoms with van der Waals surface area (Å²) in [6.07, 6.45) is -4.72. The molecule has 0 spiro atoms. The van der Waals surface area contributed by atoms with Crippen molar-refractivity contribution in [2.75, 3.05) is 11.9 Å². The normalized spacial score (nSPS) is 12.1. The molecule has 0 saturated heterocycles. The van der Waals surface area contributed by atoms with E-state index in [2.05, 4.69) is 5.32 Å². The molecule has 0 aliphatic heterocycles. The van der Waals surface area contributed by atoms with Crippen LogP contribution in [0.4, 0.5) is 18.9 Å². The van der Waals surface area contributed by atoms with Gasteiger partial charge in [-0.1, -0.05) is 47.5 Å². The summed E-state index contributed by atoms with van der Waals surface area (Å²) in [5.74, 6) is -0.818. The van der Waals surface area contributed by atoms with Crippen molar-refractivity contribution in [3.05, 3.63) is 93.5 Å². The third-order valence-corrected chi connectivity index (χ3v) is 7.32. The lowest BCUT2D eigenvalue weighted by atomic mass is 10.1. The van der Waals surface area contributed by atoms with Gasteiger partial charge < -0.3 is 5.32 Å². The number of carbonyl (C=O) groups excluding carboxylic acids is 1. The maximum absolute atomic E-state index is 13.3. The average Bonchev–Trinajstić information content (AvgIpc) is 2.75. The van der Waals surface area contributed by atoms with Crippen LogP contribution in [0.2, 0.25) is 10.0 Å². The number of rotatable bonds is 7. The number of hydrogen-bond acceptors (Lipinski definition) is 3. The number of nitrogens with one attached hydrogen (secondary N) is 1. The quantitative estimate of drug-likeness (QED) is 0.398. The lowest BCUT2D eigenvalue weighted by Gasteiger charge is -2.23. The first kappa shape index (κ1) is 26.0. The Labute approximate surface area is 205 Å². The molecule has 0 unspecified atom stereocenters. The summed E-state index contributed by atoms with van der Waals surface area (Å²) in [6.45, 7) is 1.04. The maximum Gasteiger partial charge on any atom is 0.417 e. The second-order valence-electron chi connectivity index (χ2n) is 7.39. The Balaban J connectivity index is 1.90. The summed E-state index contributed by atoms with van der Waals surface area (Å²) in [6, 6.07) is 15.4. The fraction of sp³-hybridized carbons (Fsp3) is 0.174. The van der Waals surface area contributed by atoms with Crippen molar-refractivity contribution in [1.29, 1.82) is 0 Å². The number of sulfonamides is 1. The summed E-state index contributed by atoms with van der Waals surface area (Å²) in [4.78, 5) is 12.6. The smallest absolute Gasteiger partial charge is 0.325 e. The molecule has 0 fully saturated rings. The molecule has 0 radical (unpaired) electrons. The molecule has 0 atom stereocenters. The lowest BCUT2D eigenvalue weighted by Crippen LogP contribution is -2.37. The molecule has 0 heterocycles. The van der Waals surface area contributed by atoms with Crippen LogP contribution in [0.25, 0.3) is 0 Å². The molecule has 3 rings (SSSR count). The van der Waals surface area contributed by atoms with Gasteiger partial charge in [-0.3, -0.25) is 4.79 Å². The molecular formula is C23H19Cl2F3N2O3S. The van der Waals surface area contributed by atoms with Crippen LogP contribution in [0.3, 0.4) is 0 Å². The highest BCUT2D eigenvalue weighted by Gasteiger charge is 2.34. The molecular weight excluding hydrogens is 512 g/mol. The van der Waals surface area contributed by atoms with Gasteiger partial charge in [-0.25, -0.2) is 8.42 Å². The predicted molar refractivity (Wildman–Crippen MR) is 125 cm³/mol. The fourth-order valence-corrected chi connectivity index (χ4v) is 4.87. The Morgan fingerprint density at radius 2 is 1.65 bits per heavy atom. The molecule has 0 aromatic heterocycles. The summed E-state index contributed by atoms with van der Waals surface area (Å²) in [7, 11) is -4.15. The average molecular weight is 531 g/mol. The Bertz CT molecular complexity index is 1300. The van der Waals surface area contributed by atoms with E-state index >= 15 is 0 Å². The van der Waals surface area contributed by atoms with Crippen LogP contribution in [-0.4, -0.2) is 25.2 Å². The predicted octanol–water partition coefficient (Wildman–Crippen LogP) is 6.15. The van der Waals surface area contributed by atoms with Gasteiger partial charge >= 0.3 is 6.18 Å². The highest BCUT2D eigenvalue weighted by molar-refractivity contribution is 7.89. The molecule has 0 aliphatic carbocycles. The summed E-state index contributed by atoms with van der Waals surface area (Å²) >= 11 is 11.5. The van der Waals surface area contributed by atoms with Crippen LogP contribution in [-0.2, 0) is 27.5 Å². The fourth-order valence-electron chi connectivity index (χ4n) is 3.14. The number of halogens is 5. The van der Waals surface area contributed by atoms with E-state index in [1.807, 2.05) is 0 Å². The number of nitrogens with zero attached hydrogens (tertiary/aromatic N) is 1. The summed E-state index contributed by atoms with van der Waals surface area (Å²) < 4.78 is 67.0. The number of amides is 1. The summed E-state index contributed by atoms with van der Waals surface area (Å²) in [5.41, 5.74) is 0.199. The molecule has 0 aliphatic rings. The molecule has 11 heteroatoms. The molecule has 1 amide bonds. The van der Waals surface area contributed by atoms with Crippen molar-refractivity contribution in [2.24, 2.45) is 0 Å². The van der Waals surface area contributed by atoms with Crippen LogP contribution in [0.15, 0.2) is 71.6 Å². The highest BCUT2D eigenvalue weighted by Crippen LogP contribution is 2.36. The first-order chi connectivity index (χ1) is 15.9. The molecule has 0 saturated carbocycles. The van der Waals surface area contributed by atoms with E-state index in [1.54, 1.807) is 31.2 Å². The number of anilines is 1. The van der Waals surface area contributed by atoms with E-state index in [9.17, 15) is 26.4 Å². The molecule has 3 aromatic carbocycles.